The van der Waals surface area contributed by atoms with Crippen LogP contribution in [0, 0.1) is 25.2 Å². The quantitative estimate of drug-likeness (QED) is 0.836. The van der Waals surface area contributed by atoms with Gasteiger partial charge in [-0.1, -0.05) is 32.1 Å². The summed E-state index contributed by atoms with van der Waals surface area (Å²) in [5.74, 6) is 0.838. The molecule has 1 spiro atoms. The zero-order valence-corrected chi connectivity index (χ0v) is 18.3. The number of aryl methyl sites for hydroxylation is 2. The minimum absolute atomic E-state index is 0.0921. The molecule has 3 heterocycles. The van der Waals surface area contributed by atoms with Crippen molar-refractivity contribution >= 4 is 5.91 Å². The molecule has 3 fully saturated rings. The van der Waals surface area contributed by atoms with E-state index in [9.17, 15) is 9.59 Å². The van der Waals surface area contributed by atoms with Crippen LogP contribution >= 0.6 is 0 Å². The second kappa shape index (κ2) is 8.63. The first-order valence-electron chi connectivity index (χ1n) is 11.7. The topological polar surface area (TPSA) is 56.4 Å². The van der Waals surface area contributed by atoms with Crippen LogP contribution in [0.25, 0.3) is 0 Å². The van der Waals surface area contributed by atoms with Crippen LogP contribution < -0.4 is 5.56 Å². The van der Waals surface area contributed by atoms with E-state index in [2.05, 4.69) is 9.88 Å². The van der Waals surface area contributed by atoms with Crippen molar-refractivity contribution in [2.45, 2.75) is 71.6 Å². The highest BCUT2D eigenvalue weighted by Crippen LogP contribution is 2.39. The molecule has 1 saturated carbocycles. The molecular formula is C24H37N3O2. The molecule has 0 bridgehead atoms. The average molecular weight is 400 g/mol. The number of nitrogens with one attached hydrogen (secondary N) is 1. The molecule has 1 aromatic heterocycles. The number of likely N-dealkylation sites (tertiary alicyclic amines) is 2. The monoisotopic (exact) mass is 399 g/mol. The van der Waals surface area contributed by atoms with Crippen molar-refractivity contribution in [1.29, 1.82) is 0 Å². The standard InChI is InChI=1S/C24H37N3O2/c1-18-15-21(22(28)25-19(18)2)23(29)27-14-11-24(17-27)10-6-12-26(16-24)13-9-20-7-4-3-5-8-20/h15,20H,3-14,16-17H2,1-2H3,(H,25,28)/t24-/m0/s1. The van der Waals surface area contributed by atoms with Gasteiger partial charge in [0.2, 0.25) is 0 Å². The number of amides is 1. The van der Waals surface area contributed by atoms with Crippen molar-refractivity contribution in [3.05, 3.63) is 33.2 Å². The van der Waals surface area contributed by atoms with E-state index in [1.807, 2.05) is 18.7 Å². The third-order valence-corrected chi connectivity index (χ3v) is 7.77. The molecule has 0 radical (unpaired) electrons. The van der Waals surface area contributed by atoms with Gasteiger partial charge in [0.1, 0.15) is 5.56 Å². The lowest BCUT2D eigenvalue weighted by Crippen LogP contribution is -2.46. The van der Waals surface area contributed by atoms with Crippen LogP contribution in [-0.2, 0) is 0 Å². The summed E-state index contributed by atoms with van der Waals surface area (Å²) in [6.07, 6.45) is 12.0. The van der Waals surface area contributed by atoms with E-state index >= 15 is 0 Å². The van der Waals surface area contributed by atoms with Gasteiger partial charge < -0.3 is 14.8 Å². The smallest absolute Gasteiger partial charge is 0.261 e. The molecule has 1 amide bonds. The normalized spacial score (nSPS) is 26.3. The van der Waals surface area contributed by atoms with E-state index in [-0.39, 0.29) is 16.9 Å². The van der Waals surface area contributed by atoms with Gasteiger partial charge in [-0.25, -0.2) is 0 Å². The Morgan fingerprint density at radius 3 is 2.69 bits per heavy atom. The third-order valence-electron chi connectivity index (χ3n) is 7.77. The number of pyridine rings is 1. The highest BCUT2D eigenvalue weighted by molar-refractivity contribution is 5.94. The molecule has 1 atom stereocenters. The van der Waals surface area contributed by atoms with Gasteiger partial charge in [-0.2, -0.15) is 0 Å². The summed E-state index contributed by atoms with van der Waals surface area (Å²) in [4.78, 5) is 32.8. The van der Waals surface area contributed by atoms with E-state index in [1.54, 1.807) is 6.07 Å². The van der Waals surface area contributed by atoms with Crippen LogP contribution in [0.3, 0.4) is 0 Å². The second-order valence-electron chi connectivity index (χ2n) is 9.97. The maximum absolute atomic E-state index is 13.1. The van der Waals surface area contributed by atoms with Gasteiger partial charge in [0.25, 0.3) is 11.5 Å². The molecule has 0 unspecified atom stereocenters. The van der Waals surface area contributed by atoms with Crippen LogP contribution in [0.2, 0.25) is 0 Å². The first-order chi connectivity index (χ1) is 14.0. The average Bonchev–Trinajstić information content (AvgIpc) is 3.12. The molecule has 1 N–H and O–H groups in total. The van der Waals surface area contributed by atoms with Crippen molar-refractivity contribution in [3.63, 3.8) is 0 Å². The maximum atomic E-state index is 13.1. The number of aromatic nitrogens is 1. The lowest BCUT2D eigenvalue weighted by Gasteiger charge is -2.41. The molecule has 3 aliphatic rings. The van der Waals surface area contributed by atoms with Crippen molar-refractivity contribution in [3.8, 4) is 0 Å². The number of hydrogen-bond acceptors (Lipinski definition) is 3. The van der Waals surface area contributed by atoms with E-state index in [4.69, 9.17) is 0 Å². The molecular weight excluding hydrogens is 362 g/mol. The molecule has 5 nitrogen and oxygen atoms in total. The van der Waals surface area contributed by atoms with Crippen LogP contribution in [-0.4, -0.2) is 53.4 Å². The van der Waals surface area contributed by atoms with Crippen LogP contribution in [0.15, 0.2) is 10.9 Å². The highest BCUT2D eigenvalue weighted by Gasteiger charge is 2.43. The van der Waals surface area contributed by atoms with Crippen LogP contribution in [0.5, 0.6) is 0 Å². The summed E-state index contributed by atoms with van der Waals surface area (Å²) >= 11 is 0. The summed E-state index contributed by atoms with van der Waals surface area (Å²) in [6, 6.07) is 1.76. The van der Waals surface area contributed by atoms with Crippen LogP contribution in [0.4, 0.5) is 0 Å². The molecule has 5 heteroatoms. The number of piperidine rings is 1. The lowest BCUT2D eigenvalue weighted by atomic mass is 9.79. The Bertz CT molecular complexity index is 796. The van der Waals surface area contributed by atoms with E-state index in [1.165, 1.54) is 64.5 Å². The Labute approximate surface area is 174 Å². The summed E-state index contributed by atoms with van der Waals surface area (Å²) in [5, 5.41) is 0. The fraction of sp³-hybridized carbons (Fsp3) is 0.750. The minimum atomic E-state index is -0.253. The number of carbonyl (C=O) groups is 1. The molecule has 1 aromatic rings. The predicted octanol–water partition coefficient (Wildman–Crippen LogP) is 3.89. The Balaban J connectivity index is 1.37. The van der Waals surface area contributed by atoms with Crippen molar-refractivity contribution < 1.29 is 4.79 Å². The minimum Gasteiger partial charge on any atom is -0.338 e. The molecule has 2 aliphatic heterocycles. The Hall–Kier alpha value is -1.62. The van der Waals surface area contributed by atoms with Gasteiger partial charge in [-0.15, -0.1) is 0 Å². The molecule has 160 valence electrons. The molecule has 4 rings (SSSR count). The van der Waals surface area contributed by atoms with E-state index in [0.29, 0.717) is 5.56 Å². The molecule has 2 saturated heterocycles. The number of carbonyl (C=O) groups excluding carboxylic acids is 1. The third kappa shape index (κ3) is 4.60. The number of hydrogen-bond donors (Lipinski definition) is 1. The molecule has 1 aliphatic carbocycles. The zero-order chi connectivity index (χ0) is 20.4. The van der Waals surface area contributed by atoms with Crippen molar-refractivity contribution in [1.82, 2.24) is 14.8 Å². The summed E-state index contributed by atoms with van der Waals surface area (Å²) < 4.78 is 0. The second-order valence-corrected chi connectivity index (χ2v) is 9.97. The van der Waals surface area contributed by atoms with Crippen molar-refractivity contribution in [2.24, 2.45) is 11.3 Å². The Morgan fingerprint density at radius 1 is 1.10 bits per heavy atom. The molecule has 29 heavy (non-hydrogen) atoms. The lowest BCUT2D eigenvalue weighted by molar-refractivity contribution is 0.0673. The summed E-state index contributed by atoms with van der Waals surface area (Å²) in [6.45, 7) is 8.95. The van der Waals surface area contributed by atoms with E-state index in [0.717, 1.165) is 43.2 Å². The SMILES string of the molecule is Cc1cc(C(=O)N2CC[C@]3(CCCN(CCC4CCCCC4)C3)C2)c(=O)[nH]c1C. The summed E-state index contributed by atoms with van der Waals surface area (Å²) in [5.41, 5.74) is 2.08. The van der Waals surface area contributed by atoms with Gasteiger partial charge >= 0.3 is 0 Å². The Morgan fingerprint density at radius 2 is 1.90 bits per heavy atom. The number of rotatable bonds is 4. The number of aromatic amines is 1. The first kappa shape index (κ1) is 20.6. The highest BCUT2D eigenvalue weighted by atomic mass is 16.2. The fourth-order valence-electron chi connectivity index (χ4n) is 5.84. The number of H-pyrrole nitrogens is 1. The fourth-order valence-corrected chi connectivity index (χ4v) is 5.84. The Kier molecular flexibility index (Phi) is 6.14. The number of nitrogens with zero attached hydrogens (tertiary/aromatic N) is 2. The first-order valence-corrected chi connectivity index (χ1v) is 11.7. The van der Waals surface area contributed by atoms with E-state index < -0.39 is 0 Å². The predicted molar refractivity (Wildman–Crippen MR) is 116 cm³/mol. The van der Waals surface area contributed by atoms with Gasteiger partial charge in [-0.05, 0) is 70.2 Å². The van der Waals surface area contributed by atoms with Gasteiger partial charge in [0.05, 0.1) is 0 Å². The molecule has 0 aromatic carbocycles. The maximum Gasteiger partial charge on any atom is 0.261 e. The largest absolute Gasteiger partial charge is 0.338 e. The van der Waals surface area contributed by atoms with Gasteiger partial charge in [0.15, 0.2) is 0 Å². The van der Waals surface area contributed by atoms with Gasteiger partial charge in [-0.3, -0.25) is 9.59 Å². The van der Waals surface area contributed by atoms with Crippen LogP contribution in [0.1, 0.15) is 79.4 Å². The summed E-state index contributed by atoms with van der Waals surface area (Å²) in [7, 11) is 0. The zero-order valence-electron chi connectivity index (χ0n) is 18.3. The van der Waals surface area contributed by atoms with Gasteiger partial charge in [0, 0.05) is 30.7 Å². The van der Waals surface area contributed by atoms with Crippen molar-refractivity contribution in [2.75, 3.05) is 32.7 Å².